The zero-order valence-electron chi connectivity index (χ0n) is 14.8. The van der Waals surface area contributed by atoms with Crippen molar-refractivity contribution in [2.45, 2.75) is 31.5 Å². The van der Waals surface area contributed by atoms with Gasteiger partial charge in [0.2, 0.25) is 0 Å². The third kappa shape index (κ3) is 2.46. The third-order valence-electron chi connectivity index (χ3n) is 4.88. The third-order valence-corrected chi connectivity index (χ3v) is 6.07. The number of nitrogens with one attached hydrogen (secondary N) is 2. The number of fused-ring (bicyclic) bond motifs is 4. The Labute approximate surface area is 155 Å². The van der Waals surface area contributed by atoms with E-state index in [0.717, 1.165) is 46.7 Å². The number of hydrogen-bond donors (Lipinski definition) is 2. The normalized spacial score (nSPS) is 16.5. The number of anilines is 1. The summed E-state index contributed by atoms with van der Waals surface area (Å²) in [5, 5.41) is 5.82. The van der Waals surface area contributed by atoms with Crippen molar-refractivity contribution in [3.05, 3.63) is 41.9 Å². The van der Waals surface area contributed by atoms with Gasteiger partial charge in [-0.15, -0.1) is 0 Å². The highest BCUT2D eigenvalue weighted by Crippen LogP contribution is 2.37. The average molecular weight is 364 g/mol. The van der Waals surface area contributed by atoms with Crippen molar-refractivity contribution in [3.63, 3.8) is 0 Å². The summed E-state index contributed by atoms with van der Waals surface area (Å²) in [5.74, 6) is 2.67. The van der Waals surface area contributed by atoms with Crippen LogP contribution in [-0.4, -0.2) is 36.8 Å². The fourth-order valence-electron chi connectivity index (χ4n) is 3.61. The molecule has 3 aromatic heterocycles. The van der Waals surface area contributed by atoms with E-state index in [9.17, 15) is 0 Å². The second kappa shape index (κ2) is 6.02. The molecule has 7 heteroatoms. The van der Waals surface area contributed by atoms with E-state index in [2.05, 4.69) is 62.2 Å². The fraction of sp³-hybridized carbons (Fsp3) is 0.316. The van der Waals surface area contributed by atoms with Crippen LogP contribution in [0.25, 0.3) is 22.1 Å². The molecule has 0 saturated carbocycles. The smallest absolute Gasteiger partial charge is 0.170 e. The van der Waals surface area contributed by atoms with Crippen molar-refractivity contribution in [1.82, 2.24) is 24.5 Å². The fourth-order valence-corrected chi connectivity index (χ4v) is 4.71. The van der Waals surface area contributed by atoms with Gasteiger partial charge in [-0.05, 0) is 31.9 Å². The molecule has 0 aliphatic carbocycles. The molecule has 1 atom stereocenters. The van der Waals surface area contributed by atoms with Gasteiger partial charge < -0.3 is 10.3 Å². The van der Waals surface area contributed by atoms with Gasteiger partial charge in [-0.25, -0.2) is 15.0 Å². The minimum atomic E-state index is 0.424. The Hall–Kier alpha value is -2.54. The standard InChI is InChI=1S/C19H20N6S/c1-11-10-26-19-24-16-17(22-12(2)23-18(16)25(11)19)20-8-7-13-9-21-15-6-4-3-5-14(13)15/h3-6,9,11,21H,7-8,10H2,1-2H3,(H,20,22,23)/t11-/m0/s1. The van der Waals surface area contributed by atoms with Crippen LogP contribution in [0, 0.1) is 6.92 Å². The average Bonchev–Trinajstić information content (AvgIpc) is 3.31. The number of hydrogen-bond acceptors (Lipinski definition) is 5. The second-order valence-electron chi connectivity index (χ2n) is 6.75. The molecule has 1 aromatic carbocycles. The number of rotatable bonds is 4. The summed E-state index contributed by atoms with van der Waals surface area (Å²) >= 11 is 1.79. The molecule has 0 fully saturated rings. The molecule has 4 aromatic rings. The molecule has 0 amide bonds. The van der Waals surface area contributed by atoms with E-state index >= 15 is 0 Å². The zero-order chi connectivity index (χ0) is 17.7. The number of aryl methyl sites for hydroxylation is 1. The van der Waals surface area contributed by atoms with Gasteiger partial charge in [-0.3, -0.25) is 4.57 Å². The highest BCUT2D eigenvalue weighted by atomic mass is 32.2. The number of aromatic amines is 1. The van der Waals surface area contributed by atoms with Crippen LogP contribution >= 0.6 is 11.8 Å². The van der Waals surface area contributed by atoms with Crippen molar-refractivity contribution < 1.29 is 0 Å². The van der Waals surface area contributed by atoms with E-state index in [4.69, 9.17) is 4.98 Å². The lowest BCUT2D eigenvalue weighted by atomic mass is 10.1. The number of H-pyrrole nitrogens is 1. The van der Waals surface area contributed by atoms with Crippen LogP contribution in [0.15, 0.2) is 35.6 Å². The molecule has 1 aliphatic rings. The lowest BCUT2D eigenvalue weighted by molar-refractivity contribution is 0.596. The lowest BCUT2D eigenvalue weighted by Gasteiger charge is -2.09. The first-order chi connectivity index (χ1) is 12.7. The van der Waals surface area contributed by atoms with E-state index in [1.807, 2.05) is 6.92 Å². The van der Waals surface area contributed by atoms with E-state index < -0.39 is 0 Å². The minimum Gasteiger partial charge on any atom is -0.368 e. The summed E-state index contributed by atoms with van der Waals surface area (Å²) in [7, 11) is 0. The van der Waals surface area contributed by atoms with Gasteiger partial charge in [0.25, 0.3) is 0 Å². The molecule has 2 N–H and O–H groups in total. The van der Waals surface area contributed by atoms with Crippen LogP contribution in [0.4, 0.5) is 5.82 Å². The molecule has 1 aliphatic heterocycles. The summed E-state index contributed by atoms with van der Waals surface area (Å²) in [6.07, 6.45) is 3.02. The van der Waals surface area contributed by atoms with E-state index in [-0.39, 0.29) is 0 Å². The molecule has 132 valence electrons. The van der Waals surface area contributed by atoms with Crippen LogP contribution in [-0.2, 0) is 6.42 Å². The van der Waals surface area contributed by atoms with Gasteiger partial charge in [-0.1, -0.05) is 30.0 Å². The van der Waals surface area contributed by atoms with Gasteiger partial charge in [0.1, 0.15) is 5.82 Å². The Morgan fingerprint density at radius 2 is 2.15 bits per heavy atom. The first kappa shape index (κ1) is 15.7. The first-order valence-electron chi connectivity index (χ1n) is 8.89. The predicted octanol–water partition coefficient (Wildman–Crippen LogP) is 3.94. The quantitative estimate of drug-likeness (QED) is 0.574. The monoisotopic (exact) mass is 364 g/mol. The topological polar surface area (TPSA) is 71.4 Å². The summed E-state index contributed by atoms with van der Waals surface area (Å²) < 4.78 is 2.24. The molecule has 26 heavy (non-hydrogen) atoms. The van der Waals surface area contributed by atoms with Gasteiger partial charge >= 0.3 is 0 Å². The van der Waals surface area contributed by atoms with Gasteiger partial charge in [0.05, 0.1) is 0 Å². The van der Waals surface area contributed by atoms with E-state index in [0.29, 0.717) is 6.04 Å². The number of nitrogens with zero attached hydrogens (tertiary/aromatic N) is 4. The minimum absolute atomic E-state index is 0.424. The molecule has 0 bridgehead atoms. The SMILES string of the molecule is Cc1nc(NCCc2c[nH]c3ccccc23)c2nc3n(c2n1)[C@@H](C)CS3. The maximum Gasteiger partial charge on any atom is 0.170 e. The highest BCUT2D eigenvalue weighted by Gasteiger charge is 2.26. The number of para-hydroxylation sites is 1. The number of imidazole rings is 1. The van der Waals surface area contributed by atoms with Gasteiger partial charge in [-0.2, -0.15) is 0 Å². The van der Waals surface area contributed by atoms with Crippen LogP contribution in [0.2, 0.25) is 0 Å². The zero-order valence-corrected chi connectivity index (χ0v) is 15.6. The molecule has 0 saturated heterocycles. The van der Waals surface area contributed by atoms with E-state index in [1.165, 1.54) is 16.5 Å². The number of aromatic nitrogens is 5. The molecular weight excluding hydrogens is 344 g/mol. The largest absolute Gasteiger partial charge is 0.368 e. The predicted molar refractivity (Wildman–Crippen MR) is 106 cm³/mol. The molecule has 0 spiro atoms. The van der Waals surface area contributed by atoms with Crippen molar-refractivity contribution in [3.8, 4) is 0 Å². The summed E-state index contributed by atoms with van der Waals surface area (Å²) in [4.78, 5) is 17.4. The Kier molecular flexibility index (Phi) is 3.63. The van der Waals surface area contributed by atoms with Crippen molar-refractivity contribution in [1.29, 1.82) is 0 Å². The summed E-state index contributed by atoms with van der Waals surface area (Å²) in [5.41, 5.74) is 4.31. The molecule has 5 rings (SSSR count). The molecule has 0 unspecified atom stereocenters. The second-order valence-corrected chi connectivity index (χ2v) is 7.74. The number of thioether (sulfide) groups is 1. The maximum atomic E-state index is 4.78. The molecular formula is C19H20N6S. The molecule has 4 heterocycles. The van der Waals surface area contributed by atoms with Crippen molar-refractivity contribution in [2.24, 2.45) is 0 Å². The van der Waals surface area contributed by atoms with Crippen molar-refractivity contribution in [2.75, 3.05) is 17.6 Å². The Morgan fingerprint density at radius 3 is 3.08 bits per heavy atom. The Bertz CT molecular complexity index is 1110. The van der Waals surface area contributed by atoms with Crippen LogP contribution in [0.1, 0.15) is 24.4 Å². The summed E-state index contributed by atoms with van der Waals surface area (Å²) in [6, 6.07) is 8.82. The maximum absolute atomic E-state index is 4.78. The van der Waals surface area contributed by atoms with Gasteiger partial charge in [0, 0.05) is 35.4 Å². The lowest BCUT2D eigenvalue weighted by Crippen LogP contribution is -2.09. The van der Waals surface area contributed by atoms with Crippen LogP contribution in [0.5, 0.6) is 0 Å². The molecule has 0 radical (unpaired) electrons. The van der Waals surface area contributed by atoms with E-state index in [1.54, 1.807) is 11.8 Å². The van der Waals surface area contributed by atoms with Crippen LogP contribution < -0.4 is 5.32 Å². The Balaban J connectivity index is 1.42. The summed E-state index contributed by atoms with van der Waals surface area (Å²) in [6.45, 7) is 4.96. The number of benzene rings is 1. The van der Waals surface area contributed by atoms with Crippen molar-refractivity contribution >= 4 is 39.6 Å². The molecule has 6 nitrogen and oxygen atoms in total. The van der Waals surface area contributed by atoms with Gasteiger partial charge in [0.15, 0.2) is 22.1 Å². The highest BCUT2D eigenvalue weighted by molar-refractivity contribution is 7.99. The first-order valence-corrected chi connectivity index (χ1v) is 9.87. The van der Waals surface area contributed by atoms with Crippen LogP contribution in [0.3, 0.4) is 0 Å². The Morgan fingerprint density at radius 1 is 1.27 bits per heavy atom.